The minimum absolute atomic E-state index is 0.505. The first kappa shape index (κ1) is 17.0. The van der Waals surface area contributed by atoms with Gasteiger partial charge in [0.2, 0.25) is 0 Å². The molecule has 0 radical (unpaired) electrons. The van der Waals surface area contributed by atoms with Crippen LogP contribution in [0.5, 0.6) is 5.75 Å². The van der Waals surface area contributed by atoms with Crippen molar-refractivity contribution in [1.82, 2.24) is 5.32 Å². The molecule has 0 fully saturated rings. The van der Waals surface area contributed by atoms with Gasteiger partial charge in [-0.3, -0.25) is 0 Å². The Balaban J connectivity index is 2.66. The zero-order valence-electron chi connectivity index (χ0n) is 13.8. The van der Waals surface area contributed by atoms with Crippen molar-refractivity contribution in [3.63, 3.8) is 0 Å². The minimum atomic E-state index is 0.505. The third-order valence-corrected chi connectivity index (χ3v) is 3.56. The highest BCUT2D eigenvalue weighted by Crippen LogP contribution is 2.34. The van der Waals surface area contributed by atoms with Crippen LogP contribution in [0.15, 0.2) is 18.2 Å². The second-order valence-electron chi connectivity index (χ2n) is 5.98. The highest BCUT2D eigenvalue weighted by Gasteiger charge is 2.14. The summed E-state index contributed by atoms with van der Waals surface area (Å²) in [7, 11) is 0. The summed E-state index contributed by atoms with van der Waals surface area (Å²) in [5.41, 5.74) is 2.67. The lowest BCUT2D eigenvalue weighted by Crippen LogP contribution is -2.15. The molecule has 2 heteroatoms. The van der Waals surface area contributed by atoms with Crippen molar-refractivity contribution in [2.45, 2.75) is 59.3 Å². The molecule has 114 valence electrons. The summed E-state index contributed by atoms with van der Waals surface area (Å²) in [4.78, 5) is 0. The van der Waals surface area contributed by atoms with Crippen LogP contribution in [-0.4, -0.2) is 19.7 Å². The van der Waals surface area contributed by atoms with Gasteiger partial charge in [0.1, 0.15) is 5.75 Å². The van der Waals surface area contributed by atoms with Gasteiger partial charge >= 0.3 is 0 Å². The lowest BCUT2D eigenvalue weighted by atomic mass is 9.94. The molecule has 1 aromatic rings. The number of benzene rings is 1. The van der Waals surface area contributed by atoms with E-state index in [0.29, 0.717) is 11.8 Å². The van der Waals surface area contributed by atoms with E-state index in [1.165, 1.54) is 17.5 Å². The molecule has 0 unspecified atom stereocenters. The fourth-order valence-corrected chi connectivity index (χ4v) is 2.35. The second-order valence-corrected chi connectivity index (χ2v) is 5.98. The molecule has 0 saturated carbocycles. The zero-order valence-corrected chi connectivity index (χ0v) is 13.8. The summed E-state index contributed by atoms with van der Waals surface area (Å²) >= 11 is 0. The fraction of sp³-hybridized carbons (Fsp3) is 0.667. The summed E-state index contributed by atoms with van der Waals surface area (Å²) in [5, 5.41) is 3.35. The molecule has 1 N–H and O–H groups in total. The Morgan fingerprint density at radius 1 is 1.00 bits per heavy atom. The van der Waals surface area contributed by atoms with E-state index in [1.54, 1.807) is 0 Å². The van der Waals surface area contributed by atoms with Crippen molar-refractivity contribution in [1.29, 1.82) is 0 Å². The van der Waals surface area contributed by atoms with Crippen LogP contribution in [0.4, 0.5) is 0 Å². The second kappa shape index (κ2) is 9.02. The van der Waals surface area contributed by atoms with E-state index < -0.39 is 0 Å². The summed E-state index contributed by atoms with van der Waals surface area (Å²) in [6.07, 6.45) is 2.28. The van der Waals surface area contributed by atoms with Gasteiger partial charge in [0, 0.05) is 0 Å². The van der Waals surface area contributed by atoms with Crippen LogP contribution in [0.3, 0.4) is 0 Å². The topological polar surface area (TPSA) is 21.3 Å². The quantitative estimate of drug-likeness (QED) is 0.660. The third kappa shape index (κ3) is 5.16. The van der Waals surface area contributed by atoms with Gasteiger partial charge in [-0.15, -0.1) is 0 Å². The molecule has 0 aromatic heterocycles. The van der Waals surface area contributed by atoms with Crippen LogP contribution >= 0.6 is 0 Å². The van der Waals surface area contributed by atoms with E-state index in [2.05, 4.69) is 58.1 Å². The van der Waals surface area contributed by atoms with Gasteiger partial charge in [-0.2, -0.15) is 0 Å². The average molecular weight is 277 g/mol. The molecule has 0 spiro atoms. The first-order chi connectivity index (χ1) is 9.57. The highest BCUT2D eigenvalue weighted by atomic mass is 16.5. The molecule has 1 aromatic carbocycles. The van der Waals surface area contributed by atoms with E-state index in [4.69, 9.17) is 4.74 Å². The summed E-state index contributed by atoms with van der Waals surface area (Å²) < 4.78 is 6.14. The maximum absolute atomic E-state index is 6.14. The van der Waals surface area contributed by atoms with Gasteiger partial charge in [0.05, 0.1) is 6.61 Å². The lowest BCUT2D eigenvalue weighted by molar-refractivity contribution is 0.298. The van der Waals surface area contributed by atoms with E-state index in [0.717, 1.165) is 31.9 Å². The maximum Gasteiger partial charge on any atom is 0.126 e. The molecule has 0 heterocycles. The average Bonchev–Trinajstić information content (AvgIpc) is 2.42. The molecule has 0 amide bonds. The van der Waals surface area contributed by atoms with Crippen LogP contribution in [0.25, 0.3) is 0 Å². The smallest absolute Gasteiger partial charge is 0.126 e. The largest absolute Gasteiger partial charge is 0.493 e. The lowest BCUT2D eigenvalue weighted by Gasteiger charge is -2.20. The number of rotatable bonds is 9. The van der Waals surface area contributed by atoms with Crippen molar-refractivity contribution in [2.75, 3.05) is 19.7 Å². The summed E-state index contributed by atoms with van der Waals surface area (Å²) in [6.45, 7) is 14.0. The number of para-hydroxylation sites is 1. The molecule has 0 bridgehead atoms. The Morgan fingerprint density at radius 2 is 1.60 bits per heavy atom. The zero-order chi connectivity index (χ0) is 15.0. The van der Waals surface area contributed by atoms with Gasteiger partial charge in [0.25, 0.3) is 0 Å². The molecular weight excluding hydrogens is 246 g/mol. The van der Waals surface area contributed by atoms with Gasteiger partial charge < -0.3 is 10.1 Å². The molecule has 1 rings (SSSR count). The first-order valence-corrected chi connectivity index (χ1v) is 8.04. The van der Waals surface area contributed by atoms with Crippen LogP contribution in [0.1, 0.15) is 70.4 Å². The van der Waals surface area contributed by atoms with Gasteiger partial charge in [-0.1, -0.05) is 52.8 Å². The Morgan fingerprint density at radius 3 is 2.10 bits per heavy atom. The first-order valence-electron chi connectivity index (χ1n) is 8.04. The number of ether oxygens (including phenoxy) is 1. The fourth-order valence-electron chi connectivity index (χ4n) is 2.35. The van der Waals surface area contributed by atoms with Crippen LogP contribution < -0.4 is 10.1 Å². The van der Waals surface area contributed by atoms with Crippen molar-refractivity contribution in [3.05, 3.63) is 29.3 Å². The SMILES string of the molecule is CCNCCCCOc1c(C(C)C)cccc1C(C)C. The Hall–Kier alpha value is -1.02. The van der Waals surface area contributed by atoms with Crippen molar-refractivity contribution in [2.24, 2.45) is 0 Å². The Bertz CT molecular complexity index is 359. The predicted octanol–water partition coefficient (Wildman–Crippen LogP) is 4.70. The summed E-state index contributed by atoms with van der Waals surface area (Å²) in [6, 6.07) is 6.55. The van der Waals surface area contributed by atoms with E-state index >= 15 is 0 Å². The Labute approximate surface area is 124 Å². The minimum Gasteiger partial charge on any atom is -0.493 e. The number of hydrogen-bond donors (Lipinski definition) is 1. The van der Waals surface area contributed by atoms with Crippen LogP contribution in [0, 0.1) is 0 Å². The van der Waals surface area contributed by atoms with Crippen molar-refractivity contribution >= 4 is 0 Å². The number of hydrogen-bond acceptors (Lipinski definition) is 2. The molecule has 0 saturated heterocycles. The van der Waals surface area contributed by atoms with Crippen molar-refractivity contribution < 1.29 is 4.74 Å². The monoisotopic (exact) mass is 277 g/mol. The standard InChI is InChI=1S/C18H31NO/c1-6-19-12-7-8-13-20-18-16(14(2)3)10-9-11-17(18)15(4)5/h9-11,14-15,19H,6-8,12-13H2,1-5H3. The van der Waals surface area contributed by atoms with E-state index in [9.17, 15) is 0 Å². The van der Waals surface area contributed by atoms with Crippen LogP contribution in [-0.2, 0) is 0 Å². The molecule has 0 aliphatic rings. The molecule has 2 nitrogen and oxygen atoms in total. The van der Waals surface area contributed by atoms with E-state index in [1.807, 2.05) is 0 Å². The normalized spacial score (nSPS) is 11.3. The molecule has 0 aliphatic heterocycles. The summed E-state index contributed by atoms with van der Waals surface area (Å²) in [5.74, 6) is 2.14. The maximum atomic E-state index is 6.14. The highest BCUT2D eigenvalue weighted by molar-refractivity contribution is 5.44. The van der Waals surface area contributed by atoms with Gasteiger partial charge in [-0.25, -0.2) is 0 Å². The predicted molar refractivity (Wildman–Crippen MR) is 87.9 cm³/mol. The number of unbranched alkanes of at least 4 members (excludes halogenated alkanes) is 1. The van der Waals surface area contributed by atoms with Gasteiger partial charge in [-0.05, 0) is 48.9 Å². The third-order valence-electron chi connectivity index (χ3n) is 3.56. The number of nitrogens with one attached hydrogen (secondary N) is 1. The molecular formula is C18H31NO. The van der Waals surface area contributed by atoms with Gasteiger partial charge in [0.15, 0.2) is 0 Å². The Kier molecular flexibility index (Phi) is 7.68. The molecule has 0 atom stereocenters. The van der Waals surface area contributed by atoms with Crippen molar-refractivity contribution in [3.8, 4) is 5.75 Å². The molecule has 0 aliphatic carbocycles. The van der Waals surface area contributed by atoms with Crippen LogP contribution in [0.2, 0.25) is 0 Å². The van der Waals surface area contributed by atoms with E-state index in [-0.39, 0.29) is 0 Å². The molecule has 20 heavy (non-hydrogen) atoms.